The normalized spacial score (nSPS) is 36.6. The highest BCUT2D eigenvalue weighted by Crippen LogP contribution is 2.22. The number of rotatable bonds is 4. The molecular formula is C11H14N2O4. The van der Waals surface area contributed by atoms with E-state index in [1.165, 1.54) is 0 Å². The van der Waals surface area contributed by atoms with E-state index in [-0.39, 0.29) is 31.2 Å². The summed E-state index contributed by atoms with van der Waals surface area (Å²) in [7, 11) is 0. The van der Waals surface area contributed by atoms with E-state index in [0.29, 0.717) is 26.1 Å². The lowest BCUT2D eigenvalue weighted by Gasteiger charge is -2.14. The molecular weight excluding hydrogens is 224 g/mol. The number of nitriles is 2. The second kappa shape index (κ2) is 5.95. The second-order valence-electron chi connectivity index (χ2n) is 4.10. The highest BCUT2D eigenvalue weighted by molar-refractivity contribution is 4.87. The smallest absolute Gasteiger partial charge is 0.161 e. The van der Waals surface area contributed by atoms with Gasteiger partial charge in [0.1, 0.15) is 0 Å². The van der Waals surface area contributed by atoms with Crippen molar-refractivity contribution in [3.8, 4) is 12.1 Å². The number of hydrogen-bond acceptors (Lipinski definition) is 6. The molecule has 2 rings (SSSR count). The molecule has 0 bridgehead atoms. The second-order valence-corrected chi connectivity index (χ2v) is 4.10. The highest BCUT2D eigenvalue weighted by Gasteiger charge is 2.28. The van der Waals surface area contributed by atoms with Crippen LogP contribution >= 0.6 is 0 Å². The van der Waals surface area contributed by atoms with Gasteiger partial charge in [-0.15, -0.1) is 0 Å². The van der Waals surface area contributed by atoms with Gasteiger partial charge in [-0.2, -0.15) is 10.5 Å². The Hall–Kier alpha value is -1.18. The van der Waals surface area contributed by atoms with Gasteiger partial charge in [0.2, 0.25) is 0 Å². The summed E-state index contributed by atoms with van der Waals surface area (Å²) in [6.45, 7) is 0.890. The van der Waals surface area contributed by atoms with Crippen molar-refractivity contribution in [3.05, 3.63) is 0 Å². The molecule has 0 aromatic carbocycles. The molecule has 0 radical (unpaired) electrons. The molecule has 92 valence electrons. The van der Waals surface area contributed by atoms with Gasteiger partial charge in [-0.05, 0) is 0 Å². The summed E-state index contributed by atoms with van der Waals surface area (Å²) in [6.07, 6.45) is 0.416. The van der Waals surface area contributed by atoms with Gasteiger partial charge in [0, 0.05) is 12.8 Å². The van der Waals surface area contributed by atoms with Crippen LogP contribution in [-0.2, 0) is 18.9 Å². The van der Waals surface area contributed by atoms with E-state index < -0.39 is 0 Å². The van der Waals surface area contributed by atoms with Crippen LogP contribution in [0.3, 0.4) is 0 Å². The van der Waals surface area contributed by atoms with E-state index in [2.05, 4.69) is 12.1 Å². The first-order valence-corrected chi connectivity index (χ1v) is 5.57. The number of ether oxygens (including phenoxy) is 4. The minimum atomic E-state index is -0.368. The number of nitrogens with zero attached hydrogens (tertiary/aromatic N) is 2. The summed E-state index contributed by atoms with van der Waals surface area (Å²) in [6, 6.07) is 4.26. The zero-order chi connectivity index (χ0) is 12.1. The van der Waals surface area contributed by atoms with Crippen molar-refractivity contribution in [1.82, 2.24) is 0 Å². The van der Waals surface area contributed by atoms with E-state index in [0.717, 1.165) is 0 Å². The molecule has 0 spiro atoms. The maximum atomic E-state index is 8.67. The Morgan fingerprint density at radius 1 is 0.941 bits per heavy atom. The van der Waals surface area contributed by atoms with E-state index in [4.69, 9.17) is 29.5 Å². The van der Waals surface area contributed by atoms with E-state index in [9.17, 15) is 0 Å². The Kier molecular flexibility index (Phi) is 4.29. The van der Waals surface area contributed by atoms with E-state index in [1.54, 1.807) is 0 Å². The molecule has 4 unspecified atom stereocenters. The van der Waals surface area contributed by atoms with Crippen molar-refractivity contribution in [2.45, 2.75) is 25.4 Å². The summed E-state index contributed by atoms with van der Waals surface area (Å²) >= 11 is 0. The quantitative estimate of drug-likeness (QED) is 0.672. The van der Waals surface area contributed by atoms with Gasteiger partial charge >= 0.3 is 0 Å². The molecule has 4 atom stereocenters. The van der Waals surface area contributed by atoms with Crippen LogP contribution in [0.15, 0.2) is 0 Å². The molecule has 0 N–H and O–H groups in total. The van der Waals surface area contributed by atoms with Crippen molar-refractivity contribution < 1.29 is 18.9 Å². The van der Waals surface area contributed by atoms with Gasteiger partial charge in [0.25, 0.3) is 0 Å². The van der Waals surface area contributed by atoms with Crippen LogP contribution < -0.4 is 0 Å². The van der Waals surface area contributed by atoms with Crippen LogP contribution in [0, 0.1) is 34.5 Å². The molecule has 0 aliphatic carbocycles. The first-order chi connectivity index (χ1) is 8.31. The molecule has 0 aromatic rings. The van der Waals surface area contributed by atoms with Gasteiger partial charge in [-0.3, -0.25) is 0 Å². The Morgan fingerprint density at radius 3 is 1.76 bits per heavy atom. The Bertz CT molecular complexity index is 303. The summed E-state index contributed by atoms with van der Waals surface area (Å²) in [5.41, 5.74) is 0. The topological polar surface area (TPSA) is 84.5 Å². The largest absolute Gasteiger partial charge is 0.351 e. The predicted octanol–water partition coefficient (Wildman–Crippen LogP) is 0.749. The van der Waals surface area contributed by atoms with Gasteiger partial charge in [0.15, 0.2) is 19.4 Å². The van der Waals surface area contributed by atoms with Gasteiger partial charge in [-0.1, -0.05) is 0 Å². The van der Waals surface area contributed by atoms with Crippen LogP contribution in [-0.4, -0.2) is 32.6 Å². The number of hydrogen-bond donors (Lipinski definition) is 0. The fraction of sp³-hybridized carbons (Fsp3) is 0.818. The first-order valence-electron chi connectivity index (χ1n) is 5.57. The average Bonchev–Trinajstić information content (AvgIpc) is 2.97. The Morgan fingerprint density at radius 2 is 1.41 bits per heavy atom. The van der Waals surface area contributed by atoms with Crippen molar-refractivity contribution in [2.24, 2.45) is 11.8 Å². The monoisotopic (exact) mass is 238 g/mol. The third kappa shape index (κ3) is 3.39. The molecule has 2 aliphatic heterocycles. The summed E-state index contributed by atoms with van der Waals surface area (Å²) in [5.74, 6) is -0.184. The predicted molar refractivity (Wildman–Crippen MR) is 54.0 cm³/mol. The van der Waals surface area contributed by atoms with Gasteiger partial charge in [0.05, 0.1) is 37.2 Å². The maximum Gasteiger partial charge on any atom is 0.161 e. The Balaban J connectivity index is 1.58. The zero-order valence-electron chi connectivity index (χ0n) is 9.37. The molecule has 2 heterocycles. The molecule has 0 aromatic heterocycles. The van der Waals surface area contributed by atoms with Crippen LogP contribution in [0.5, 0.6) is 0 Å². The third-order valence-corrected chi connectivity index (χ3v) is 2.79. The Labute approximate surface area is 99.6 Å². The lowest BCUT2D eigenvalue weighted by Crippen LogP contribution is -2.18. The fourth-order valence-electron chi connectivity index (χ4n) is 1.79. The average molecular weight is 238 g/mol. The van der Waals surface area contributed by atoms with E-state index in [1.807, 2.05) is 0 Å². The summed E-state index contributed by atoms with van der Waals surface area (Å²) in [4.78, 5) is 0. The third-order valence-electron chi connectivity index (χ3n) is 2.79. The van der Waals surface area contributed by atoms with Crippen LogP contribution in [0.1, 0.15) is 12.8 Å². The van der Waals surface area contributed by atoms with Crippen molar-refractivity contribution >= 4 is 0 Å². The molecule has 0 saturated carbocycles. The van der Waals surface area contributed by atoms with Crippen LogP contribution in [0.4, 0.5) is 0 Å². The summed E-state index contributed by atoms with van der Waals surface area (Å²) in [5, 5.41) is 17.3. The van der Waals surface area contributed by atoms with Crippen LogP contribution in [0.25, 0.3) is 0 Å². The molecule has 2 aliphatic rings. The van der Waals surface area contributed by atoms with Gasteiger partial charge < -0.3 is 18.9 Å². The van der Waals surface area contributed by atoms with Gasteiger partial charge in [-0.25, -0.2) is 0 Å². The highest BCUT2D eigenvalue weighted by atomic mass is 16.8. The minimum Gasteiger partial charge on any atom is -0.351 e. The fourth-order valence-corrected chi connectivity index (χ4v) is 1.79. The first kappa shape index (κ1) is 12.3. The van der Waals surface area contributed by atoms with Crippen molar-refractivity contribution in [3.63, 3.8) is 0 Å². The standard InChI is InChI=1S/C11H14N2O4/c12-3-8-1-10(14-5-8)16-7-17-11-2-9(4-13)6-15-11/h8-11H,1-2,5-7H2. The van der Waals surface area contributed by atoms with Crippen molar-refractivity contribution in [1.29, 1.82) is 10.5 Å². The maximum absolute atomic E-state index is 8.67. The molecule has 0 amide bonds. The minimum absolute atomic E-state index is 0.0611. The lowest BCUT2D eigenvalue weighted by atomic mass is 10.1. The molecule has 2 saturated heterocycles. The van der Waals surface area contributed by atoms with Crippen LogP contribution in [0.2, 0.25) is 0 Å². The zero-order valence-corrected chi connectivity index (χ0v) is 9.37. The molecule has 6 heteroatoms. The molecule has 6 nitrogen and oxygen atoms in total. The SMILES string of the molecule is N#CC1COC(OCOC2CC(C#N)CO2)C1. The molecule has 2 fully saturated rings. The molecule has 17 heavy (non-hydrogen) atoms. The lowest BCUT2D eigenvalue weighted by molar-refractivity contribution is -0.224. The van der Waals surface area contributed by atoms with E-state index >= 15 is 0 Å². The summed E-state index contributed by atoms with van der Waals surface area (Å²) < 4.78 is 21.1. The van der Waals surface area contributed by atoms with Crippen molar-refractivity contribution in [2.75, 3.05) is 20.0 Å².